The molecule has 2 saturated heterocycles. The third-order valence-corrected chi connectivity index (χ3v) is 5.37. The molecule has 23 heavy (non-hydrogen) atoms. The first-order valence-corrected chi connectivity index (χ1v) is 9.03. The van der Waals surface area contributed by atoms with Gasteiger partial charge in [0.05, 0.1) is 0 Å². The van der Waals surface area contributed by atoms with Crippen LogP contribution in [-0.2, 0) is 0 Å². The van der Waals surface area contributed by atoms with E-state index in [1.54, 1.807) is 0 Å². The Balaban J connectivity index is 1.64. The first-order chi connectivity index (χ1) is 11.2. The maximum absolute atomic E-state index is 12.8. The van der Waals surface area contributed by atoms with Crippen molar-refractivity contribution in [2.24, 2.45) is 0 Å². The SMILES string of the molecule is CCN(C)c1ccc(C(=O)N2CCC[C@H](N3CCCC3)C2)cc1. The van der Waals surface area contributed by atoms with Crippen molar-refractivity contribution in [1.29, 1.82) is 0 Å². The summed E-state index contributed by atoms with van der Waals surface area (Å²) in [6.45, 7) is 7.33. The summed E-state index contributed by atoms with van der Waals surface area (Å²) >= 11 is 0. The molecule has 0 saturated carbocycles. The molecule has 4 heteroatoms. The molecular formula is C19H29N3O. The zero-order valence-corrected chi connectivity index (χ0v) is 14.5. The van der Waals surface area contributed by atoms with Gasteiger partial charge in [0.15, 0.2) is 0 Å². The lowest BCUT2D eigenvalue weighted by atomic mass is 10.0. The second kappa shape index (κ2) is 7.35. The van der Waals surface area contributed by atoms with E-state index in [1.807, 2.05) is 12.1 Å². The number of piperidine rings is 1. The number of hydrogen-bond acceptors (Lipinski definition) is 3. The minimum absolute atomic E-state index is 0.194. The van der Waals surface area contributed by atoms with E-state index in [0.717, 1.165) is 37.3 Å². The Hall–Kier alpha value is -1.55. The quantitative estimate of drug-likeness (QED) is 0.855. The maximum atomic E-state index is 12.8. The highest BCUT2D eigenvalue weighted by Crippen LogP contribution is 2.22. The molecule has 1 aromatic carbocycles. The molecule has 3 rings (SSSR count). The van der Waals surface area contributed by atoms with Crippen LogP contribution in [0.25, 0.3) is 0 Å². The Morgan fingerprint density at radius 3 is 2.48 bits per heavy atom. The largest absolute Gasteiger partial charge is 0.375 e. The fourth-order valence-corrected chi connectivity index (χ4v) is 3.77. The summed E-state index contributed by atoms with van der Waals surface area (Å²) in [5.41, 5.74) is 1.98. The van der Waals surface area contributed by atoms with Crippen molar-refractivity contribution >= 4 is 11.6 Å². The van der Waals surface area contributed by atoms with Gasteiger partial charge < -0.3 is 9.80 Å². The van der Waals surface area contributed by atoms with Crippen molar-refractivity contribution in [2.75, 3.05) is 44.7 Å². The molecule has 2 fully saturated rings. The molecule has 0 spiro atoms. The summed E-state index contributed by atoms with van der Waals surface area (Å²) in [6, 6.07) is 8.63. The van der Waals surface area contributed by atoms with Crippen LogP contribution in [-0.4, -0.2) is 61.5 Å². The number of rotatable bonds is 4. The molecule has 2 aliphatic heterocycles. The lowest BCUT2D eigenvalue weighted by Gasteiger charge is -2.37. The predicted octanol–water partition coefficient (Wildman–Crippen LogP) is 2.84. The van der Waals surface area contributed by atoms with E-state index in [1.165, 1.54) is 32.4 Å². The van der Waals surface area contributed by atoms with E-state index in [9.17, 15) is 4.79 Å². The number of benzene rings is 1. The van der Waals surface area contributed by atoms with Crippen LogP contribution in [0.5, 0.6) is 0 Å². The van der Waals surface area contributed by atoms with Crippen molar-refractivity contribution in [1.82, 2.24) is 9.80 Å². The molecule has 126 valence electrons. The van der Waals surface area contributed by atoms with Crippen LogP contribution in [0.1, 0.15) is 43.0 Å². The maximum Gasteiger partial charge on any atom is 0.253 e. The molecule has 1 aromatic rings. The van der Waals surface area contributed by atoms with Gasteiger partial charge in [-0.3, -0.25) is 9.69 Å². The van der Waals surface area contributed by atoms with Gasteiger partial charge in [-0.05, 0) is 70.0 Å². The number of amides is 1. The molecule has 0 aliphatic carbocycles. The second-order valence-electron chi connectivity index (χ2n) is 6.85. The van der Waals surface area contributed by atoms with E-state index in [0.29, 0.717) is 6.04 Å². The number of likely N-dealkylation sites (tertiary alicyclic amines) is 2. The molecule has 0 unspecified atom stereocenters. The van der Waals surface area contributed by atoms with Gasteiger partial charge in [-0.25, -0.2) is 0 Å². The minimum Gasteiger partial charge on any atom is -0.375 e. The Bertz CT molecular complexity index is 522. The highest BCUT2D eigenvalue weighted by atomic mass is 16.2. The third-order valence-electron chi connectivity index (χ3n) is 5.37. The van der Waals surface area contributed by atoms with Crippen molar-refractivity contribution in [3.05, 3.63) is 29.8 Å². The van der Waals surface area contributed by atoms with Crippen LogP contribution in [0.3, 0.4) is 0 Å². The van der Waals surface area contributed by atoms with Gasteiger partial charge >= 0.3 is 0 Å². The van der Waals surface area contributed by atoms with E-state index >= 15 is 0 Å². The van der Waals surface area contributed by atoms with Gasteiger partial charge in [0.25, 0.3) is 5.91 Å². The molecule has 4 nitrogen and oxygen atoms in total. The fourth-order valence-electron chi connectivity index (χ4n) is 3.77. The molecule has 2 heterocycles. The first kappa shape index (κ1) is 16.3. The average molecular weight is 315 g/mol. The van der Waals surface area contributed by atoms with Crippen LogP contribution in [0.15, 0.2) is 24.3 Å². The van der Waals surface area contributed by atoms with Crippen molar-refractivity contribution in [3.63, 3.8) is 0 Å². The zero-order valence-electron chi connectivity index (χ0n) is 14.5. The minimum atomic E-state index is 0.194. The Morgan fingerprint density at radius 2 is 1.83 bits per heavy atom. The fraction of sp³-hybridized carbons (Fsp3) is 0.632. The van der Waals surface area contributed by atoms with Crippen LogP contribution >= 0.6 is 0 Å². The molecule has 0 N–H and O–H groups in total. The Labute approximate surface area is 140 Å². The van der Waals surface area contributed by atoms with Crippen molar-refractivity contribution < 1.29 is 4.79 Å². The van der Waals surface area contributed by atoms with Crippen LogP contribution in [0.2, 0.25) is 0 Å². The van der Waals surface area contributed by atoms with E-state index in [2.05, 4.69) is 40.8 Å². The summed E-state index contributed by atoms with van der Waals surface area (Å²) in [7, 11) is 2.07. The van der Waals surface area contributed by atoms with Gasteiger partial charge in [-0.2, -0.15) is 0 Å². The Morgan fingerprint density at radius 1 is 1.13 bits per heavy atom. The highest BCUT2D eigenvalue weighted by molar-refractivity contribution is 5.94. The molecule has 1 amide bonds. The number of carbonyl (C=O) groups is 1. The van der Waals surface area contributed by atoms with Crippen molar-refractivity contribution in [2.45, 2.75) is 38.6 Å². The molecular weight excluding hydrogens is 286 g/mol. The molecule has 0 bridgehead atoms. The average Bonchev–Trinajstić information content (AvgIpc) is 3.15. The van der Waals surface area contributed by atoms with Gasteiger partial charge in [0.1, 0.15) is 0 Å². The van der Waals surface area contributed by atoms with E-state index in [4.69, 9.17) is 0 Å². The first-order valence-electron chi connectivity index (χ1n) is 9.03. The lowest BCUT2D eigenvalue weighted by molar-refractivity contribution is 0.0608. The number of hydrogen-bond donors (Lipinski definition) is 0. The smallest absolute Gasteiger partial charge is 0.253 e. The van der Waals surface area contributed by atoms with Crippen LogP contribution in [0, 0.1) is 0 Å². The molecule has 1 atom stereocenters. The summed E-state index contributed by atoms with van der Waals surface area (Å²) in [5, 5.41) is 0. The topological polar surface area (TPSA) is 26.8 Å². The third kappa shape index (κ3) is 3.69. The Kier molecular flexibility index (Phi) is 5.21. The molecule has 0 radical (unpaired) electrons. The van der Waals surface area contributed by atoms with Crippen LogP contribution < -0.4 is 4.90 Å². The normalized spacial score (nSPS) is 22.3. The van der Waals surface area contributed by atoms with Gasteiger partial charge in [0.2, 0.25) is 0 Å². The lowest BCUT2D eigenvalue weighted by Crippen LogP contribution is -2.48. The molecule has 0 aromatic heterocycles. The van der Waals surface area contributed by atoms with Gasteiger partial charge in [0, 0.05) is 44.0 Å². The van der Waals surface area contributed by atoms with Gasteiger partial charge in [-0.1, -0.05) is 0 Å². The highest BCUT2D eigenvalue weighted by Gasteiger charge is 2.29. The monoisotopic (exact) mass is 315 g/mol. The summed E-state index contributed by atoms with van der Waals surface area (Å²) < 4.78 is 0. The molecule has 2 aliphatic rings. The van der Waals surface area contributed by atoms with Gasteiger partial charge in [-0.15, -0.1) is 0 Å². The van der Waals surface area contributed by atoms with Crippen molar-refractivity contribution in [3.8, 4) is 0 Å². The summed E-state index contributed by atoms with van der Waals surface area (Å²) in [5.74, 6) is 0.194. The number of carbonyl (C=O) groups excluding carboxylic acids is 1. The standard InChI is InChI=1S/C19H29N3O/c1-3-20(2)17-10-8-16(9-11-17)19(23)22-14-6-7-18(15-22)21-12-4-5-13-21/h8-11,18H,3-7,12-15H2,1-2H3/t18-/m0/s1. The predicted molar refractivity (Wildman–Crippen MR) is 95.1 cm³/mol. The summed E-state index contributed by atoms with van der Waals surface area (Å²) in [4.78, 5) is 19.6. The van der Waals surface area contributed by atoms with E-state index in [-0.39, 0.29) is 5.91 Å². The second-order valence-corrected chi connectivity index (χ2v) is 6.85. The van der Waals surface area contributed by atoms with E-state index < -0.39 is 0 Å². The number of anilines is 1. The van der Waals surface area contributed by atoms with Crippen LogP contribution in [0.4, 0.5) is 5.69 Å². The summed E-state index contributed by atoms with van der Waals surface area (Å²) in [6.07, 6.45) is 5.00. The number of nitrogens with zero attached hydrogens (tertiary/aromatic N) is 3. The zero-order chi connectivity index (χ0) is 16.2.